The largest absolute Gasteiger partial charge is 0.507 e. The highest BCUT2D eigenvalue weighted by molar-refractivity contribution is 5.87. The predicted octanol–water partition coefficient (Wildman–Crippen LogP) is 3.36. The molecule has 8 heteroatoms. The molecular formula is C21H21F2N5O. The van der Waals surface area contributed by atoms with E-state index in [1.54, 1.807) is 18.3 Å². The number of pyridine rings is 1. The summed E-state index contributed by atoms with van der Waals surface area (Å²) in [5.74, 6) is -1.92. The van der Waals surface area contributed by atoms with E-state index in [0.717, 1.165) is 5.39 Å². The average molecular weight is 397 g/mol. The molecule has 2 N–H and O–H groups in total. The van der Waals surface area contributed by atoms with Gasteiger partial charge in [-0.2, -0.15) is 0 Å². The Labute approximate surface area is 166 Å². The summed E-state index contributed by atoms with van der Waals surface area (Å²) in [6, 6.07) is 9.85. The van der Waals surface area contributed by atoms with Gasteiger partial charge in [0, 0.05) is 48.8 Å². The van der Waals surface area contributed by atoms with Crippen LogP contribution < -0.4 is 10.2 Å². The minimum absolute atomic E-state index is 0.0140. The Morgan fingerprint density at radius 3 is 2.79 bits per heavy atom. The second-order valence-electron chi connectivity index (χ2n) is 7.96. The van der Waals surface area contributed by atoms with Gasteiger partial charge in [0.15, 0.2) is 5.82 Å². The molecule has 2 bridgehead atoms. The Bertz CT molecular complexity index is 1060. The minimum Gasteiger partial charge on any atom is -0.507 e. The highest BCUT2D eigenvalue weighted by Crippen LogP contribution is 2.40. The Kier molecular flexibility index (Phi) is 4.13. The molecule has 0 amide bonds. The van der Waals surface area contributed by atoms with Crippen LogP contribution in [0.15, 0.2) is 42.6 Å². The number of nitrogens with zero attached hydrogens (tertiary/aromatic N) is 4. The van der Waals surface area contributed by atoms with Gasteiger partial charge in [-0.3, -0.25) is 4.98 Å². The molecule has 2 unspecified atom stereocenters. The molecule has 5 rings (SSSR count). The molecule has 0 aliphatic carbocycles. The molecule has 2 saturated heterocycles. The van der Waals surface area contributed by atoms with E-state index in [1.165, 1.54) is 0 Å². The molecule has 29 heavy (non-hydrogen) atoms. The predicted molar refractivity (Wildman–Crippen MR) is 106 cm³/mol. The molecule has 1 aromatic carbocycles. The lowest BCUT2D eigenvalue weighted by Gasteiger charge is -2.36. The van der Waals surface area contributed by atoms with E-state index in [-0.39, 0.29) is 24.3 Å². The topological polar surface area (TPSA) is 74.2 Å². The number of piperidine rings is 1. The van der Waals surface area contributed by atoms with Crippen LogP contribution in [0.3, 0.4) is 0 Å². The Morgan fingerprint density at radius 1 is 1.17 bits per heavy atom. The third-order valence-corrected chi connectivity index (χ3v) is 6.09. The fourth-order valence-electron chi connectivity index (χ4n) is 4.50. The summed E-state index contributed by atoms with van der Waals surface area (Å²) in [5.41, 5.74) is 1.82. The minimum atomic E-state index is -2.64. The lowest BCUT2D eigenvalue weighted by molar-refractivity contribution is -0.0128. The molecule has 2 fully saturated rings. The zero-order valence-corrected chi connectivity index (χ0v) is 15.9. The van der Waals surface area contributed by atoms with Crippen LogP contribution in [0, 0.1) is 0 Å². The van der Waals surface area contributed by atoms with E-state index < -0.39 is 12.0 Å². The number of phenols is 1. The van der Waals surface area contributed by atoms with Crippen molar-refractivity contribution >= 4 is 16.7 Å². The van der Waals surface area contributed by atoms with Crippen molar-refractivity contribution in [2.24, 2.45) is 0 Å². The van der Waals surface area contributed by atoms with Gasteiger partial charge in [-0.05, 0) is 37.1 Å². The number of hydrogen-bond acceptors (Lipinski definition) is 6. The van der Waals surface area contributed by atoms with E-state index in [1.807, 2.05) is 36.2 Å². The normalized spacial score (nSPS) is 25.3. The van der Waals surface area contributed by atoms with Gasteiger partial charge in [-0.25, -0.2) is 8.78 Å². The van der Waals surface area contributed by atoms with Crippen LogP contribution in [0.25, 0.3) is 22.2 Å². The third kappa shape index (κ3) is 3.17. The van der Waals surface area contributed by atoms with Crippen molar-refractivity contribution in [1.29, 1.82) is 0 Å². The van der Waals surface area contributed by atoms with Gasteiger partial charge in [0.25, 0.3) is 5.92 Å². The Morgan fingerprint density at radius 2 is 2.03 bits per heavy atom. The van der Waals surface area contributed by atoms with Crippen molar-refractivity contribution in [3.8, 4) is 17.0 Å². The number of fused-ring (bicyclic) bond motifs is 3. The molecular weight excluding hydrogens is 376 g/mol. The molecule has 2 aliphatic rings. The summed E-state index contributed by atoms with van der Waals surface area (Å²) in [4.78, 5) is 6.17. The third-order valence-electron chi connectivity index (χ3n) is 6.09. The van der Waals surface area contributed by atoms with Gasteiger partial charge in [0.2, 0.25) is 0 Å². The molecule has 0 spiro atoms. The van der Waals surface area contributed by atoms with Gasteiger partial charge in [-0.1, -0.05) is 6.07 Å². The fraction of sp³-hybridized carbons (Fsp3) is 0.381. The highest BCUT2D eigenvalue weighted by atomic mass is 19.3. The van der Waals surface area contributed by atoms with E-state index in [9.17, 15) is 13.9 Å². The molecule has 6 nitrogen and oxygen atoms in total. The smallest absolute Gasteiger partial charge is 0.264 e. The summed E-state index contributed by atoms with van der Waals surface area (Å²) in [6.07, 6.45) is 2.61. The van der Waals surface area contributed by atoms with E-state index in [4.69, 9.17) is 0 Å². The number of alkyl halides is 2. The van der Waals surface area contributed by atoms with Crippen molar-refractivity contribution in [2.45, 2.75) is 43.3 Å². The van der Waals surface area contributed by atoms with Crippen LogP contribution in [-0.2, 0) is 0 Å². The summed E-state index contributed by atoms with van der Waals surface area (Å²) in [7, 11) is 1.87. The molecule has 3 aromatic rings. The van der Waals surface area contributed by atoms with Crippen molar-refractivity contribution < 1.29 is 13.9 Å². The van der Waals surface area contributed by atoms with Gasteiger partial charge < -0.3 is 15.3 Å². The maximum Gasteiger partial charge on any atom is 0.264 e. The number of hydrogen-bond donors (Lipinski definition) is 2. The number of anilines is 1. The van der Waals surface area contributed by atoms with Crippen molar-refractivity contribution in [3.63, 3.8) is 0 Å². The van der Waals surface area contributed by atoms with Gasteiger partial charge >= 0.3 is 0 Å². The van der Waals surface area contributed by atoms with Crippen molar-refractivity contribution in [1.82, 2.24) is 20.5 Å². The Hall–Kier alpha value is -2.87. The van der Waals surface area contributed by atoms with Crippen molar-refractivity contribution in [2.75, 3.05) is 11.9 Å². The number of aromatic hydroxyl groups is 1. The maximum absolute atomic E-state index is 14.0. The maximum atomic E-state index is 14.0. The molecule has 4 heterocycles. The van der Waals surface area contributed by atoms with Gasteiger partial charge in [-0.15, -0.1) is 10.2 Å². The zero-order chi connectivity index (χ0) is 20.2. The molecule has 150 valence electrons. The highest BCUT2D eigenvalue weighted by Gasteiger charge is 2.53. The molecule has 0 saturated carbocycles. The second-order valence-corrected chi connectivity index (χ2v) is 7.96. The number of benzene rings is 1. The molecule has 2 aromatic heterocycles. The Balaban J connectivity index is 1.39. The van der Waals surface area contributed by atoms with E-state index in [0.29, 0.717) is 35.4 Å². The summed E-state index contributed by atoms with van der Waals surface area (Å²) >= 11 is 0. The zero-order valence-electron chi connectivity index (χ0n) is 15.9. The van der Waals surface area contributed by atoms with E-state index in [2.05, 4.69) is 20.5 Å². The number of nitrogens with one attached hydrogen (secondary N) is 1. The van der Waals surface area contributed by atoms with Gasteiger partial charge in [0.1, 0.15) is 5.75 Å². The number of aromatic nitrogens is 3. The quantitative estimate of drug-likeness (QED) is 0.706. The molecule has 3 atom stereocenters. The van der Waals surface area contributed by atoms with Gasteiger partial charge in [0.05, 0.1) is 17.3 Å². The van der Waals surface area contributed by atoms with Crippen molar-refractivity contribution in [3.05, 3.63) is 42.6 Å². The summed E-state index contributed by atoms with van der Waals surface area (Å²) in [5, 5.41) is 22.9. The van der Waals surface area contributed by atoms with Crippen LogP contribution in [-0.4, -0.2) is 51.4 Å². The SMILES string of the molecule is CN(c1ccc(-c2cc3cccnc3cc2O)nn1)[C@H]1CC2CC(F)(F)C(C1)N2. The monoisotopic (exact) mass is 397 g/mol. The number of phenolic OH excluding ortho intramolecular Hbond substituents is 1. The standard InChI is InChI=1S/C21H21F2N5O/c1-28(14-8-13-11-21(22,23)19(9-14)25-13)20-5-4-16(26-27-20)15-7-12-3-2-6-24-17(12)10-18(15)29/h2-7,10,13-14,19,25,29H,8-9,11H2,1H3/t13?,14-,19?/m0/s1. The lowest BCUT2D eigenvalue weighted by Crippen LogP contribution is -2.49. The van der Waals surface area contributed by atoms with E-state index >= 15 is 0 Å². The molecule has 0 radical (unpaired) electrons. The fourth-order valence-corrected chi connectivity index (χ4v) is 4.50. The first kappa shape index (κ1) is 18.2. The summed E-state index contributed by atoms with van der Waals surface area (Å²) in [6.45, 7) is 0. The van der Waals surface area contributed by atoms with Crippen LogP contribution in [0.5, 0.6) is 5.75 Å². The second kappa shape index (κ2) is 6.59. The average Bonchev–Trinajstić information content (AvgIpc) is 2.93. The van der Waals surface area contributed by atoms with Crippen LogP contribution >= 0.6 is 0 Å². The van der Waals surface area contributed by atoms with Crippen LogP contribution in [0.4, 0.5) is 14.6 Å². The molecule has 2 aliphatic heterocycles. The van der Waals surface area contributed by atoms with Crippen LogP contribution in [0.2, 0.25) is 0 Å². The lowest BCUT2D eigenvalue weighted by atomic mass is 9.98. The van der Waals surface area contributed by atoms with Crippen LogP contribution in [0.1, 0.15) is 19.3 Å². The first-order valence-corrected chi connectivity index (χ1v) is 9.69. The number of halogens is 2. The summed E-state index contributed by atoms with van der Waals surface area (Å²) < 4.78 is 28.0. The first-order chi connectivity index (χ1) is 13.9. The first-order valence-electron chi connectivity index (χ1n) is 9.69. The number of rotatable bonds is 3.